The molecule has 6 nitrogen and oxygen atoms in total. The molecule has 1 aliphatic rings. The molecule has 1 aliphatic carbocycles. The number of ether oxygens (including phenoxy) is 2. The second-order valence-electron chi connectivity index (χ2n) is 7.68. The lowest BCUT2D eigenvalue weighted by molar-refractivity contribution is 0.101. The Hall–Kier alpha value is -2.76. The highest BCUT2D eigenvalue weighted by atomic mass is 16.5. The van der Waals surface area contributed by atoms with E-state index in [4.69, 9.17) is 14.0 Å². The number of allylic oxidation sites excluding steroid dienone is 2. The monoisotopic (exact) mass is 370 g/mol. The van der Waals surface area contributed by atoms with Crippen molar-refractivity contribution in [3.63, 3.8) is 0 Å². The van der Waals surface area contributed by atoms with Gasteiger partial charge < -0.3 is 14.0 Å². The molecule has 6 heteroatoms. The van der Waals surface area contributed by atoms with E-state index in [1.165, 1.54) is 19.8 Å². The van der Waals surface area contributed by atoms with Gasteiger partial charge in [-0.3, -0.25) is 10.1 Å². The summed E-state index contributed by atoms with van der Waals surface area (Å²) in [6.07, 6.45) is 2.28. The summed E-state index contributed by atoms with van der Waals surface area (Å²) in [4.78, 5) is 12.7. The van der Waals surface area contributed by atoms with Gasteiger partial charge in [-0.25, -0.2) is 0 Å². The molecule has 1 amide bonds. The van der Waals surface area contributed by atoms with E-state index in [9.17, 15) is 4.79 Å². The number of hydrogen-bond donors (Lipinski definition) is 1. The molecule has 2 unspecified atom stereocenters. The Morgan fingerprint density at radius 2 is 1.85 bits per heavy atom. The van der Waals surface area contributed by atoms with Crippen LogP contribution < -0.4 is 14.8 Å². The van der Waals surface area contributed by atoms with E-state index in [1.54, 1.807) is 24.3 Å². The van der Waals surface area contributed by atoms with Crippen LogP contribution in [0.1, 0.15) is 49.7 Å². The smallest absolute Gasteiger partial charge is 0.265 e. The van der Waals surface area contributed by atoms with Gasteiger partial charge in [0.25, 0.3) is 5.91 Å². The standard InChI is InChI=1S/C21H26N2O4/c1-12(2)10-13-19(21(13,3)4)14-11-17(27-23-14)22-20(24)18-15(25-5)8-7-9-16(18)26-6/h7-11,13,19H,1-6H3,(H,22,24). The van der Waals surface area contributed by atoms with Crippen molar-refractivity contribution in [3.8, 4) is 11.5 Å². The summed E-state index contributed by atoms with van der Waals surface area (Å²) in [6.45, 7) is 8.63. The highest BCUT2D eigenvalue weighted by Gasteiger charge is 2.58. The van der Waals surface area contributed by atoms with Gasteiger partial charge in [-0.15, -0.1) is 0 Å². The quantitative estimate of drug-likeness (QED) is 0.749. The lowest BCUT2D eigenvalue weighted by Gasteiger charge is -2.11. The molecule has 1 saturated carbocycles. The fraction of sp³-hybridized carbons (Fsp3) is 0.429. The Morgan fingerprint density at radius 1 is 1.22 bits per heavy atom. The fourth-order valence-corrected chi connectivity index (χ4v) is 3.66. The molecule has 1 aromatic heterocycles. The number of nitrogens with zero attached hydrogens (tertiary/aromatic N) is 1. The normalized spacial score (nSPS) is 19.9. The second-order valence-corrected chi connectivity index (χ2v) is 7.68. The molecule has 0 radical (unpaired) electrons. The Morgan fingerprint density at radius 3 is 2.41 bits per heavy atom. The number of rotatable bonds is 6. The summed E-state index contributed by atoms with van der Waals surface area (Å²) >= 11 is 0. The topological polar surface area (TPSA) is 73.6 Å². The largest absolute Gasteiger partial charge is 0.496 e. The number of carbonyl (C=O) groups excluding carboxylic acids is 1. The molecule has 1 fully saturated rings. The Balaban J connectivity index is 1.80. The van der Waals surface area contributed by atoms with Crippen LogP contribution in [0.4, 0.5) is 5.88 Å². The number of amides is 1. The van der Waals surface area contributed by atoms with Gasteiger partial charge in [0.1, 0.15) is 17.1 Å². The zero-order chi connectivity index (χ0) is 19.8. The first kappa shape index (κ1) is 19.0. The van der Waals surface area contributed by atoms with E-state index in [1.807, 2.05) is 0 Å². The van der Waals surface area contributed by atoms with Crippen LogP contribution >= 0.6 is 0 Å². The molecule has 1 heterocycles. The van der Waals surface area contributed by atoms with Crippen LogP contribution in [0.25, 0.3) is 0 Å². The molecule has 2 aromatic rings. The number of hydrogen-bond acceptors (Lipinski definition) is 5. The third-order valence-corrected chi connectivity index (χ3v) is 5.16. The summed E-state index contributed by atoms with van der Waals surface area (Å²) in [5.74, 6) is 1.50. The highest BCUT2D eigenvalue weighted by Crippen LogP contribution is 2.65. The van der Waals surface area contributed by atoms with Crippen molar-refractivity contribution in [2.75, 3.05) is 19.5 Å². The number of aromatic nitrogens is 1. The zero-order valence-electron chi connectivity index (χ0n) is 16.6. The van der Waals surface area contributed by atoms with E-state index < -0.39 is 0 Å². The lowest BCUT2D eigenvalue weighted by Crippen LogP contribution is -2.14. The average molecular weight is 370 g/mol. The second kappa shape index (κ2) is 7.10. The molecular weight excluding hydrogens is 344 g/mol. The van der Waals surface area contributed by atoms with Gasteiger partial charge in [-0.2, -0.15) is 0 Å². The maximum absolute atomic E-state index is 12.7. The van der Waals surface area contributed by atoms with E-state index in [-0.39, 0.29) is 17.2 Å². The summed E-state index contributed by atoms with van der Waals surface area (Å²) in [7, 11) is 3.02. The van der Waals surface area contributed by atoms with Crippen molar-refractivity contribution in [2.24, 2.45) is 11.3 Å². The minimum atomic E-state index is -0.372. The molecule has 3 rings (SSSR count). The molecule has 0 saturated heterocycles. The zero-order valence-corrected chi connectivity index (χ0v) is 16.6. The Bertz CT molecular complexity index is 856. The van der Waals surface area contributed by atoms with Gasteiger partial charge in [0, 0.05) is 12.0 Å². The van der Waals surface area contributed by atoms with Crippen molar-refractivity contribution in [1.82, 2.24) is 5.16 Å². The molecule has 1 N–H and O–H groups in total. The minimum absolute atomic E-state index is 0.126. The Labute approximate surface area is 159 Å². The van der Waals surface area contributed by atoms with Crippen molar-refractivity contribution in [2.45, 2.75) is 33.6 Å². The molecule has 27 heavy (non-hydrogen) atoms. The number of nitrogens with one attached hydrogen (secondary N) is 1. The summed E-state index contributed by atoms with van der Waals surface area (Å²) in [5, 5.41) is 6.93. The fourth-order valence-electron chi connectivity index (χ4n) is 3.66. The summed E-state index contributed by atoms with van der Waals surface area (Å²) < 4.78 is 15.9. The van der Waals surface area contributed by atoms with E-state index >= 15 is 0 Å². The van der Waals surface area contributed by atoms with Crippen LogP contribution in [0, 0.1) is 11.3 Å². The van der Waals surface area contributed by atoms with Crippen LogP contribution in [-0.4, -0.2) is 25.3 Å². The molecule has 144 valence electrons. The van der Waals surface area contributed by atoms with Gasteiger partial charge in [-0.1, -0.05) is 36.7 Å². The van der Waals surface area contributed by atoms with Crippen LogP contribution in [0.5, 0.6) is 11.5 Å². The van der Waals surface area contributed by atoms with Gasteiger partial charge in [0.15, 0.2) is 0 Å². The Kier molecular flexibility index (Phi) is 5.00. The van der Waals surface area contributed by atoms with Gasteiger partial charge in [0.05, 0.1) is 19.9 Å². The number of methoxy groups -OCH3 is 2. The molecule has 1 aromatic carbocycles. The predicted molar refractivity (Wildman–Crippen MR) is 103 cm³/mol. The van der Waals surface area contributed by atoms with Crippen molar-refractivity contribution >= 4 is 11.8 Å². The SMILES string of the molecule is COc1cccc(OC)c1C(=O)Nc1cc(C2C(C=C(C)C)C2(C)C)no1. The van der Waals surface area contributed by atoms with Crippen molar-refractivity contribution in [1.29, 1.82) is 0 Å². The van der Waals surface area contributed by atoms with Crippen LogP contribution in [0.15, 0.2) is 40.4 Å². The lowest BCUT2D eigenvalue weighted by atomic mass is 10.1. The molecule has 2 atom stereocenters. The number of anilines is 1. The molecule has 0 aliphatic heterocycles. The van der Waals surface area contributed by atoms with Crippen LogP contribution in [0.2, 0.25) is 0 Å². The third kappa shape index (κ3) is 3.56. The first-order chi connectivity index (χ1) is 12.8. The molecule has 0 spiro atoms. The van der Waals surface area contributed by atoms with Gasteiger partial charge in [-0.05, 0) is 37.3 Å². The van der Waals surface area contributed by atoms with Crippen molar-refractivity contribution in [3.05, 3.63) is 47.2 Å². The number of carbonyl (C=O) groups is 1. The van der Waals surface area contributed by atoms with Crippen molar-refractivity contribution < 1.29 is 18.8 Å². The van der Waals surface area contributed by atoms with E-state index in [2.05, 4.69) is 44.2 Å². The average Bonchev–Trinajstić information content (AvgIpc) is 2.95. The molecule has 0 bridgehead atoms. The minimum Gasteiger partial charge on any atom is -0.496 e. The third-order valence-electron chi connectivity index (χ3n) is 5.16. The maximum atomic E-state index is 12.7. The number of benzene rings is 1. The van der Waals surface area contributed by atoms with E-state index in [0.29, 0.717) is 28.9 Å². The van der Waals surface area contributed by atoms with Crippen LogP contribution in [-0.2, 0) is 0 Å². The maximum Gasteiger partial charge on any atom is 0.265 e. The summed E-state index contributed by atoms with van der Waals surface area (Å²) in [5.41, 5.74) is 2.58. The van der Waals surface area contributed by atoms with Gasteiger partial charge in [0.2, 0.25) is 5.88 Å². The summed E-state index contributed by atoms with van der Waals surface area (Å²) in [6, 6.07) is 6.98. The van der Waals surface area contributed by atoms with E-state index in [0.717, 1.165) is 5.69 Å². The first-order valence-corrected chi connectivity index (χ1v) is 8.93. The predicted octanol–water partition coefficient (Wildman–Crippen LogP) is 4.65. The van der Waals surface area contributed by atoms with Crippen LogP contribution in [0.3, 0.4) is 0 Å². The highest BCUT2D eigenvalue weighted by molar-refractivity contribution is 6.07. The van der Waals surface area contributed by atoms with Gasteiger partial charge >= 0.3 is 0 Å². The molecular formula is C21H26N2O4. The first-order valence-electron chi connectivity index (χ1n) is 8.93.